The van der Waals surface area contributed by atoms with Crippen LogP contribution in [0, 0.1) is 3.70 Å². The van der Waals surface area contributed by atoms with E-state index >= 15 is 0 Å². The van der Waals surface area contributed by atoms with Gasteiger partial charge >= 0.3 is 12.3 Å². The molecular weight excluding hydrogens is 380 g/mol. The van der Waals surface area contributed by atoms with Crippen LogP contribution in [-0.2, 0) is 22.5 Å². The van der Waals surface area contributed by atoms with Crippen LogP contribution >= 0.6 is 22.6 Å². The number of pyridine rings is 1. The highest BCUT2D eigenvalue weighted by Crippen LogP contribution is 2.32. The lowest BCUT2D eigenvalue weighted by molar-refractivity contribution is -0.275. The predicted molar refractivity (Wildman–Crippen MR) is 67.2 cm³/mol. The zero-order valence-electron chi connectivity index (χ0n) is 9.75. The summed E-state index contributed by atoms with van der Waals surface area (Å²) in [4.78, 5) is 15.0. The van der Waals surface area contributed by atoms with Crippen molar-refractivity contribution in [3.05, 3.63) is 21.0 Å². The number of methoxy groups -OCH3 is 1. The largest absolute Gasteiger partial charge is 0.573 e. The molecule has 1 aromatic rings. The van der Waals surface area contributed by atoms with Crippen molar-refractivity contribution < 1.29 is 27.4 Å². The fourth-order valence-electron chi connectivity index (χ4n) is 1.35. The quantitative estimate of drug-likeness (QED) is 0.482. The summed E-state index contributed by atoms with van der Waals surface area (Å²) in [5.41, 5.74) is 5.75. The van der Waals surface area contributed by atoms with Crippen molar-refractivity contribution in [2.24, 2.45) is 5.73 Å². The molecule has 0 radical (unpaired) electrons. The van der Waals surface area contributed by atoms with Crippen molar-refractivity contribution in [3.63, 3.8) is 0 Å². The van der Waals surface area contributed by atoms with Crippen molar-refractivity contribution in [1.29, 1.82) is 0 Å². The molecule has 0 fully saturated rings. The SMILES string of the molecule is COC(=O)Cc1c(CN)cnc(I)c1OC(F)(F)F. The molecule has 0 spiro atoms. The molecule has 19 heavy (non-hydrogen) atoms. The van der Waals surface area contributed by atoms with Crippen molar-refractivity contribution in [2.45, 2.75) is 19.3 Å². The summed E-state index contributed by atoms with van der Waals surface area (Å²) in [6, 6.07) is 0. The number of esters is 1. The van der Waals surface area contributed by atoms with E-state index in [0.717, 1.165) is 7.11 Å². The van der Waals surface area contributed by atoms with Gasteiger partial charge in [-0.3, -0.25) is 4.79 Å². The number of alkyl halides is 3. The Morgan fingerprint density at radius 2 is 2.16 bits per heavy atom. The molecule has 1 aromatic heterocycles. The van der Waals surface area contributed by atoms with E-state index in [9.17, 15) is 18.0 Å². The molecule has 0 aliphatic carbocycles. The van der Waals surface area contributed by atoms with E-state index in [1.807, 2.05) is 0 Å². The summed E-state index contributed by atoms with van der Waals surface area (Å²) in [7, 11) is 1.14. The van der Waals surface area contributed by atoms with Gasteiger partial charge in [-0.2, -0.15) is 0 Å². The summed E-state index contributed by atoms with van der Waals surface area (Å²) in [5, 5.41) is 0. The smallest absolute Gasteiger partial charge is 0.469 e. The second-order valence-electron chi connectivity index (χ2n) is 3.39. The Labute approximate surface area is 120 Å². The summed E-state index contributed by atoms with van der Waals surface area (Å²) in [6.45, 7) is -0.0650. The molecule has 0 aromatic carbocycles. The lowest BCUT2D eigenvalue weighted by Crippen LogP contribution is -2.21. The van der Waals surface area contributed by atoms with Crippen molar-refractivity contribution in [2.75, 3.05) is 7.11 Å². The third-order valence-electron chi connectivity index (χ3n) is 2.17. The molecule has 2 N–H and O–H groups in total. The fraction of sp³-hybridized carbons (Fsp3) is 0.400. The van der Waals surface area contributed by atoms with Gasteiger partial charge in [0.2, 0.25) is 0 Å². The van der Waals surface area contributed by atoms with Crippen LogP contribution in [-0.4, -0.2) is 24.4 Å². The van der Waals surface area contributed by atoms with Crippen molar-refractivity contribution in [3.8, 4) is 5.75 Å². The average Bonchev–Trinajstić information content (AvgIpc) is 2.32. The Morgan fingerprint density at radius 1 is 1.53 bits per heavy atom. The minimum atomic E-state index is -4.88. The number of hydrogen-bond donors (Lipinski definition) is 1. The molecule has 0 unspecified atom stereocenters. The van der Waals surface area contributed by atoms with Crippen LogP contribution in [0.25, 0.3) is 0 Å². The number of nitrogens with zero attached hydrogens (tertiary/aromatic N) is 1. The third kappa shape index (κ3) is 4.49. The van der Waals surface area contributed by atoms with Gasteiger partial charge in [0.1, 0.15) is 3.70 Å². The molecule has 0 bridgehead atoms. The van der Waals surface area contributed by atoms with Crippen LogP contribution < -0.4 is 10.5 Å². The van der Waals surface area contributed by atoms with E-state index in [-0.39, 0.29) is 22.2 Å². The summed E-state index contributed by atoms with van der Waals surface area (Å²) in [5.74, 6) is -1.20. The zero-order valence-corrected chi connectivity index (χ0v) is 11.9. The Hall–Kier alpha value is -1.10. The van der Waals surface area contributed by atoms with Gasteiger partial charge in [0.15, 0.2) is 5.75 Å². The average molecular weight is 390 g/mol. The Morgan fingerprint density at radius 3 is 2.63 bits per heavy atom. The lowest BCUT2D eigenvalue weighted by Gasteiger charge is -2.16. The molecule has 9 heteroatoms. The molecule has 1 heterocycles. The number of aromatic nitrogens is 1. The van der Waals surface area contributed by atoms with Crippen LogP contribution in [0.1, 0.15) is 11.1 Å². The minimum Gasteiger partial charge on any atom is -0.469 e. The Balaban J connectivity index is 3.28. The first kappa shape index (κ1) is 16.0. The molecule has 106 valence electrons. The second kappa shape index (κ2) is 6.37. The lowest BCUT2D eigenvalue weighted by atomic mass is 10.1. The molecule has 0 atom stereocenters. The van der Waals surface area contributed by atoms with E-state index in [1.165, 1.54) is 6.20 Å². The maximum Gasteiger partial charge on any atom is 0.573 e. The molecule has 0 amide bonds. The zero-order chi connectivity index (χ0) is 14.6. The van der Waals surface area contributed by atoms with Gasteiger partial charge in [0, 0.05) is 18.3 Å². The van der Waals surface area contributed by atoms with Crippen LogP contribution in [0.5, 0.6) is 5.75 Å². The van der Waals surface area contributed by atoms with Gasteiger partial charge < -0.3 is 15.2 Å². The van der Waals surface area contributed by atoms with Crippen LogP contribution in [0.3, 0.4) is 0 Å². The number of rotatable bonds is 4. The molecule has 0 saturated carbocycles. The van der Waals surface area contributed by atoms with E-state index in [4.69, 9.17) is 5.73 Å². The molecular formula is C10H10F3IN2O3. The molecule has 1 rings (SSSR count). The van der Waals surface area contributed by atoms with E-state index in [0.29, 0.717) is 5.56 Å². The highest BCUT2D eigenvalue weighted by Gasteiger charge is 2.34. The van der Waals surface area contributed by atoms with Gasteiger partial charge in [0.05, 0.1) is 13.5 Å². The third-order valence-corrected chi connectivity index (χ3v) is 2.94. The van der Waals surface area contributed by atoms with Gasteiger partial charge in [-0.25, -0.2) is 4.98 Å². The Bertz CT molecular complexity index is 480. The fourth-order valence-corrected chi connectivity index (χ4v) is 1.92. The highest BCUT2D eigenvalue weighted by molar-refractivity contribution is 14.1. The number of ether oxygens (including phenoxy) is 2. The van der Waals surface area contributed by atoms with E-state index in [2.05, 4.69) is 14.5 Å². The summed E-state index contributed by atoms with van der Waals surface area (Å²) in [6.07, 6.45) is -3.93. The number of nitrogens with two attached hydrogens (primary N) is 1. The monoisotopic (exact) mass is 390 g/mol. The highest BCUT2D eigenvalue weighted by atomic mass is 127. The van der Waals surface area contributed by atoms with E-state index in [1.54, 1.807) is 22.6 Å². The van der Waals surface area contributed by atoms with Gasteiger partial charge in [0.25, 0.3) is 0 Å². The number of carbonyl (C=O) groups excluding carboxylic acids is 1. The van der Waals surface area contributed by atoms with Gasteiger partial charge in [-0.05, 0) is 28.2 Å². The van der Waals surface area contributed by atoms with Gasteiger partial charge in [-0.1, -0.05) is 0 Å². The predicted octanol–water partition coefficient (Wildman–Crippen LogP) is 1.76. The Kier molecular flexibility index (Phi) is 5.35. The molecule has 5 nitrogen and oxygen atoms in total. The second-order valence-corrected chi connectivity index (χ2v) is 4.41. The maximum absolute atomic E-state index is 12.4. The first-order valence-corrected chi connectivity index (χ1v) is 6.05. The summed E-state index contributed by atoms with van der Waals surface area (Å²) < 4.78 is 45.4. The first-order valence-electron chi connectivity index (χ1n) is 4.97. The van der Waals surface area contributed by atoms with Crippen molar-refractivity contribution >= 4 is 28.6 Å². The number of carbonyl (C=O) groups is 1. The number of halogens is 4. The standard InChI is InChI=1S/C10H10F3IN2O3/c1-18-7(17)2-6-5(3-15)4-16-9(14)8(6)19-10(11,12)13/h4H,2-3,15H2,1H3. The van der Waals surface area contributed by atoms with Crippen LogP contribution in [0.15, 0.2) is 6.20 Å². The molecule has 0 aliphatic heterocycles. The molecule has 0 aliphatic rings. The maximum atomic E-state index is 12.4. The van der Waals surface area contributed by atoms with Crippen LogP contribution in [0.2, 0.25) is 0 Å². The van der Waals surface area contributed by atoms with E-state index < -0.39 is 18.1 Å². The van der Waals surface area contributed by atoms with Crippen molar-refractivity contribution in [1.82, 2.24) is 4.98 Å². The first-order chi connectivity index (χ1) is 8.78. The topological polar surface area (TPSA) is 74.4 Å². The normalized spacial score (nSPS) is 11.3. The summed E-state index contributed by atoms with van der Waals surface area (Å²) >= 11 is 1.59. The number of hydrogen-bond acceptors (Lipinski definition) is 5. The molecule has 0 saturated heterocycles. The van der Waals surface area contributed by atoms with Gasteiger partial charge in [-0.15, -0.1) is 13.2 Å². The minimum absolute atomic E-state index is 0.00831. The van der Waals surface area contributed by atoms with Crippen LogP contribution in [0.4, 0.5) is 13.2 Å².